The summed E-state index contributed by atoms with van der Waals surface area (Å²) in [6.07, 6.45) is 3.52. The summed E-state index contributed by atoms with van der Waals surface area (Å²) in [5.41, 5.74) is 2.77. The van der Waals surface area contributed by atoms with Crippen molar-refractivity contribution in [3.05, 3.63) is 46.6 Å². The predicted molar refractivity (Wildman–Crippen MR) is 74.9 cm³/mol. The van der Waals surface area contributed by atoms with Gasteiger partial charge in [0.15, 0.2) is 5.82 Å². The van der Waals surface area contributed by atoms with Gasteiger partial charge < -0.3 is 10.1 Å². The average molecular weight is 276 g/mol. The summed E-state index contributed by atoms with van der Waals surface area (Å²) in [4.78, 5) is 8.21. The normalized spacial score (nSPS) is 14.2. The lowest BCUT2D eigenvalue weighted by atomic mass is 10.1. The second kappa shape index (κ2) is 5.05. The molecule has 1 aliphatic carbocycles. The Hall–Kier alpha value is -1.81. The van der Waals surface area contributed by atoms with E-state index in [1.165, 1.54) is 11.1 Å². The quantitative estimate of drug-likeness (QED) is 0.936. The molecule has 2 aromatic rings. The fraction of sp³-hybridized carbons (Fsp3) is 0.286. The molecular weight excluding hydrogens is 262 g/mol. The van der Waals surface area contributed by atoms with Crippen LogP contribution in [-0.2, 0) is 12.8 Å². The van der Waals surface area contributed by atoms with Crippen LogP contribution in [0.2, 0.25) is 5.02 Å². The van der Waals surface area contributed by atoms with E-state index in [9.17, 15) is 0 Å². The Labute approximate surface area is 116 Å². The maximum absolute atomic E-state index is 6.10. The molecule has 0 fully saturated rings. The minimum absolute atomic E-state index is 0.314. The molecule has 1 heterocycles. The summed E-state index contributed by atoms with van der Waals surface area (Å²) in [6.45, 7) is 0. The molecule has 1 N–H and O–H groups in total. The summed E-state index contributed by atoms with van der Waals surface area (Å²) >= 11 is 6.10. The fourth-order valence-corrected chi connectivity index (χ4v) is 2.55. The third-order valence-electron chi connectivity index (χ3n) is 3.30. The van der Waals surface area contributed by atoms with Crippen molar-refractivity contribution in [1.82, 2.24) is 9.97 Å². The number of methoxy groups -OCH3 is 1. The van der Waals surface area contributed by atoms with Crippen molar-refractivity contribution in [3.63, 3.8) is 0 Å². The third kappa shape index (κ3) is 2.49. The number of benzene rings is 1. The highest BCUT2D eigenvalue weighted by Crippen LogP contribution is 2.27. The molecule has 0 atom stereocenters. The van der Waals surface area contributed by atoms with Gasteiger partial charge in [0.2, 0.25) is 0 Å². The van der Waals surface area contributed by atoms with Crippen molar-refractivity contribution < 1.29 is 4.74 Å². The Morgan fingerprint density at radius 2 is 1.95 bits per heavy atom. The van der Waals surface area contributed by atoms with Crippen LogP contribution in [-0.4, -0.2) is 23.1 Å². The second-order valence-corrected chi connectivity index (χ2v) is 4.98. The highest BCUT2D eigenvalue weighted by molar-refractivity contribution is 6.32. The number of nitrogens with zero attached hydrogens (tertiary/aromatic N) is 2. The van der Waals surface area contributed by atoms with Crippen molar-refractivity contribution >= 4 is 17.4 Å². The molecule has 19 heavy (non-hydrogen) atoms. The maximum atomic E-state index is 6.10. The maximum Gasteiger partial charge on any atom is 0.318 e. The first-order valence-corrected chi connectivity index (χ1v) is 6.54. The van der Waals surface area contributed by atoms with Crippen LogP contribution >= 0.6 is 11.6 Å². The van der Waals surface area contributed by atoms with E-state index < -0.39 is 0 Å². The van der Waals surface area contributed by atoms with Crippen LogP contribution in [0.3, 0.4) is 0 Å². The SMILES string of the molecule is COc1ncc(Cl)c(NC2Cc3ccccc3C2)n1. The van der Waals surface area contributed by atoms with Crippen molar-refractivity contribution in [2.45, 2.75) is 18.9 Å². The highest BCUT2D eigenvalue weighted by Gasteiger charge is 2.22. The summed E-state index contributed by atoms with van der Waals surface area (Å²) < 4.78 is 5.02. The van der Waals surface area contributed by atoms with E-state index in [0.29, 0.717) is 22.9 Å². The Morgan fingerprint density at radius 3 is 2.58 bits per heavy atom. The zero-order valence-corrected chi connectivity index (χ0v) is 11.3. The zero-order chi connectivity index (χ0) is 13.2. The van der Waals surface area contributed by atoms with Crippen molar-refractivity contribution in [3.8, 4) is 6.01 Å². The molecule has 3 rings (SSSR count). The van der Waals surface area contributed by atoms with Gasteiger partial charge >= 0.3 is 6.01 Å². The van der Waals surface area contributed by atoms with Crippen LogP contribution in [0.15, 0.2) is 30.5 Å². The predicted octanol–water partition coefficient (Wildman–Crippen LogP) is 2.72. The number of hydrogen-bond donors (Lipinski definition) is 1. The molecule has 0 spiro atoms. The first kappa shape index (κ1) is 12.2. The van der Waals surface area contributed by atoms with Crippen LogP contribution in [0.1, 0.15) is 11.1 Å². The van der Waals surface area contributed by atoms with Crippen molar-refractivity contribution in [2.75, 3.05) is 12.4 Å². The summed E-state index contributed by atoms with van der Waals surface area (Å²) in [5.74, 6) is 0.631. The van der Waals surface area contributed by atoms with Crippen molar-refractivity contribution in [2.24, 2.45) is 0 Å². The minimum atomic E-state index is 0.314. The molecule has 1 aliphatic rings. The van der Waals surface area contributed by atoms with Gasteiger partial charge in [-0.15, -0.1) is 0 Å². The molecule has 4 nitrogen and oxygen atoms in total. The number of anilines is 1. The van der Waals surface area contributed by atoms with Gasteiger partial charge in [-0.3, -0.25) is 0 Å². The Morgan fingerprint density at radius 1 is 1.26 bits per heavy atom. The lowest BCUT2D eigenvalue weighted by Gasteiger charge is -2.14. The number of aromatic nitrogens is 2. The average Bonchev–Trinajstić information content (AvgIpc) is 2.83. The molecule has 0 saturated carbocycles. The van der Waals surface area contributed by atoms with Gasteiger partial charge in [0.1, 0.15) is 5.02 Å². The van der Waals surface area contributed by atoms with E-state index in [1.54, 1.807) is 13.3 Å². The smallest absolute Gasteiger partial charge is 0.318 e. The lowest BCUT2D eigenvalue weighted by molar-refractivity contribution is 0.380. The topological polar surface area (TPSA) is 47.0 Å². The molecule has 0 unspecified atom stereocenters. The number of ether oxygens (including phenoxy) is 1. The molecular formula is C14H14ClN3O. The number of fused-ring (bicyclic) bond motifs is 1. The summed E-state index contributed by atoms with van der Waals surface area (Å²) in [6, 6.07) is 9.11. The first-order chi connectivity index (χ1) is 9.26. The molecule has 1 aromatic carbocycles. The fourth-order valence-electron chi connectivity index (χ4n) is 2.40. The first-order valence-electron chi connectivity index (χ1n) is 6.16. The zero-order valence-electron chi connectivity index (χ0n) is 10.6. The molecule has 0 aliphatic heterocycles. The Bertz CT molecular complexity index is 578. The highest BCUT2D eigenvalue weighted by atomic mass is 35.5. The standard InChI is InChI=1S/C14H14ClN3O/c1-19-14-16-8-12(15)13(18-14)17-11-6-9-4-2-3-5-10(9)7-11/h2-5,8,11H,6-7H2,1H3,(H,16,17,18). The number of nitrogens with one attached hydrogen (secondary N) is 1. The number of hydrogen-bond acceptors (Lipinski definition) is 4. The van der Waals surface area contributed by atoms with E-state index in [2.05, 4.69) is 39.6 Å². The van der Waals surface area contributed by atoms with Gasteiger partial charge in [0.25, 0.3) is 0 Å². The molecule has 0 bridgehead atoms. The molecule has 0 saturated heterocycles. The van der Waals surface area contributed by atoms with Gasteiger partial charge in [-0.2, -0.15) is 4.98 Å². The van der Waals surface area contributed by atoms with Crippen molar-refractivity contribution in [1.29, 1.82) is 0 Å². The lowest BCUT2D eigenvalue weighted by Crippen LogP contribution is -2.20. The second-order valence-electron chi connectivity index (χ2n) is 4.57. The molecule has 0 amide bonds. The van der Waals surface area contributed by atoms with E-state index >= 15 is 0 Å². The van der Waals surface area contributed by atoms with Crippen LogP contribution < -0.4 is 10.1 Å². The van der Waals surface area contributed by atoms with Crippen LogP contribution in [0.25, 0.3) is 0 Å². The minimum Gasteiger partial charge on any atom is -0.467 e. The van der Waals surface area contributed by atoms with Crippen LogP contribution in [0.4, 0.5) is 5.82 Å². The largest absolute Gasteiger partial charge is 0.467 e. The third-order valence-corrected chi connectivity index (χ3v) is 3.57. The van der Waals surface area contributed by atoms with Gasteiger partial charge in [-0.25, -0.2) is 4.98 Å². The molecule has 0 radical (unpaired) electrons. The van der Waals surface area contributed by atoms with Gasteiger partial charge in [0, 0.05) is 6.04 Å². The van der Waals surface area contributed by atoms with E-state index in [0.717, 1.165) is 12.8 Å². The number of halogens is 1. The van der Waals surface area contributed by atoms with E-state index in [4.69, 9.17) is 16.3 Å². The van der Waals surface area contributed by atoms with Crippen LogP contribution in [0.5, 0.6) is 6.01 Å². The van der Waals surface area contributed by atoms with Gasteiger partial charge in [-0.1, -0.05) is 35.9 Å². The monoisotopic (exact) mass is 275 g/mol. The summed E-state index contributed by atoms with van der Waals surface area (Å²) in [7, 11) is 1.54. The molecule has 98 valence electrons. The summed E-state index contributed by atoms with van der Waals surface area (Å²) in [5, 5.41) is 3.88. The van der Waals surface area contributed by atoms with E-state index in [1.807, 2.05) is 0 Å². The van der Waals surface area contributed by atoms with Gasteiger partial charge in [-0.05, 0) is 24.0 Å². The Balaban J connectivity index is 1.77. The van der Waals surface area contributed by atoms with E-state index in [-0.39, 0.29) is 0 Å². The van der Waals surface area contributed by atoms with Crippen LogP contribution in [0, 0.1) is 0 Å². The molecule has 1 aromatic heterocycles. The number of rotatable bonds is 3. The Kier molecular flexibility index (Phi) is 3.25. The van der Waals surface area contributed by atoms with Gasteiger partial charge in [0.05, 0.1) is 13.3 Å². The molecule has 5 heteroatoms.